The van der Waals surface area contributed by atoms with Crippen LogP contribution >= 0.6 is 23.1 Å². The third-order valence-corrected chi connectivity index (χ3v) is 12.3. The first-order chi connectivity index (χ1) is 23.8. The van der Waals surface area contributed by atoms with Crippen LogP contribution < -0.4 is 25.6 Å². The first-order valence-electron chi connectivity index (χ1n) is 16.8. The molecule has 268 valence electrons. The van der Waals surface area contributed by atoms with Crippen LogP contribution in [0.2, 0.25) is 0 Å². The number of rotatable bonds is 11. The van der Waals surface area contributed by atoms with E-state index in [1.54, 1.807) is 39.0 Å². The van der Waals surface area contributed by atoms with E-state index in [4.69, 9.17) is 9.72 Å². The molecular formula is C34H45BrN9O4PS. The van der Waals surface area contributed by atoms with E-state index in [1.807, 2.05) is 17.0 Å². The van der Waals surface area contributed by atoms with Gasteiger partial charge in [-0.1, -0.05) is 6.92 Å². The van der Waals surface area contributed by atoms with E-state index in [0.29, 0.717) is 50.1 Å². The lowest BCUT2D eigenvalue weighted by atomic mass is 9.99. The SMILES string of the molecule is CCc1cc(Nc2ncc(Br)c(Nc3ccc4nccnc4c3P(C)(C)=O)n2)c(OC)cc1N1CCC(N2CCN(CS(C)(=O)=O)CC2)CC1. The average Bonchev–Trinajstić information content (AvgIpc) is 3.08. The van der Waals surface area contributed by atoms with Gasteiger partial charge in [0.25, 0.3) is 0 Å². The first-order valence-corrected chi connectivity index (χ1v) is 22.2. The van der Waals surface area contributed by atoms with Crippen molar-refractivity contribution in [2.75, 3.05) is 87.4 Å². The second-order valence-corrected chi connectivity index (χ2v) is 19.5. The summed E-state index contributed by atoms with van der Waals surface area (Å²) in [7, 11) is -4.10. The number of sulfone groups is 1. The summed E-state index contributed by atoms with van der Waals surface area (Å²) >= 11 is 3.58. The summed E-state index contributed by atoms with van der Waals surface area (Å²) < 4.78 is 43.4. The molecule has 2 saturated heterocycles. The number of hydrogen-bond acceptors (Lipinski definition) is 13. The van der Waals surface area contributed by atoms with E-state index < -0.39 is 17.0 Å². The van der Waals surface area contributed by atoms with E-state index in [9.17, 15) is 13.0 Å². The number of fused-ring (bicyclic) bond motifs is 1. The molecule has 13 nitrogen and oxygen atoms in total. The molecule has 2 aliphatic rings. The van der Waals surface area contributed by atoms with Gasteiger partial charge in [0.05, 0.1) is 33.8 Å². The summed E-state index contributed by atoms with van der Waals surface area (Å²) in [6.07, 6.45) is 9.15. The van der Waals surface area contributed by atoms with Crippen molar-refractivity contribution in [1.82, 2.24) is 29.7 Å². The summed E-state index contributed by atoms with van der Waals surface area (Å²) in [5, 5.41) is 7.35. The minimum absolute atomic E-state index is 0.141. The van der Waals surface area contributed by atoms with Crippen LogP contribution in [0.1, 0.15) is 25.3 Å². The molecule has 0 spiro atoms. The average molecular weight is 787 g/mol. The van der Waals surface area contributed by atoms with Crippen LogP contribution in [0.5, 0.6) is 5.75 Å². The monoisotopic (exact) mass is 785 g/mol. The Hall–Kier alpha value is -3.36. The molecule has 6 rings (SSSR count). The first kappa shape index (κ1) is 36.4. The van der Waals surface area contributed by atoms with Gasteiger partial charge >= 0.3 is 0 Å². The molecule has 0 aliphatic carbocycles. The number of anilines is 5. The molecule has 2 aliphatic heterocycles. The van der Waals surface area contributed by atoms with Gasteiger partial charge in [0, 0.05) is 81.9 Å². The molecule has 2 fully saturated rings. The Bertz CT molecular complexity index is 2010. The fourth-order valence-electron chi connectivity index (χ4n) is 6.95. The van der Waals surface area contributed by atoms with Crippen molar-refractivity contribution in [2.24, 2.45) is 0 Å². The Morgan fingerprint density at radius 1 is 0.980 bits per heavy atom. The predicted octanol–water partition coefficient (Wildman–Crippen LogP) is 5.08. The molecule has 16 heteroatoms. The largest absolute Gasteiger partial charge is 0.494 e. The van der Waals surface area contributed by atoms with Crippen LogP contribution in [0.3, 0.4) is 0 Å². The van der Waals surface area contributed by atoms with Gasteiger partial charge in [0.2, 0.25) is 5.95 Å². The van der Waals surface area contributed by atoms with Crippen molar-refractivity contribution in [3.05, 3.63) is 52.9 Å². The van der Waals surface area contributed by atoms with Crippen LogP contribution in [0, 0.1) is 0 Å². The molecule has 2 N–H and O–H groups in total. The maximum atomic E-state index is 13.4. The lowest BCUT2D eigenvalue weighted by Crippen LogP contribution is -2.53. The standard InChI is InChI=1S/C34H45BrN9O4PS/c1-6-23-19-28(30(48-2)20-29(23)44-13-9-24(10-14-44)43-17-15-42(16-18-43)22-50(5,46)47)40-34-38-21-25(35)33(41-34)39-27-8-7-26-31(37-12-11-36-26)32(27)49(3,4)45/h7-8,11-12,19-21,24H,6,9-10,13-18,22H2,1-5H3,(H2,38,39,40,41). The molecular weight excluding hydrogens is 741 g/mol. The number of ether oxygens (including phenoxy) is 1. The van der Waals surface area contributed by atoms with Crippen molar-refractivity contribution in [3.8, 4) is 5.75 Å². The number of nitrogens with one attached hydrogen (secondary N) is 2. The predicted molar refractivity (Wildman–Crippen MR) is 205 cm³/mol. The topological polar surface area (TPSA) is 146 Å². The molecule has 0 saturated carbocycles. The van der Waals surface area contributed by atoms with Crippen molar-refractivity contribution < 1.29 is 17.7 Å². The van der Waals surface area contributed by atoms with Gasteiger partial charge in [0.15, 0.2) is 9.84 Å². The summed E-state index contributed by atoms with van der Waals surface area (Å²) in [6.45, 7) is 10.9. The second kappa shape index (κ2) is 15.1. The highest BCUT2D eigenvalue weighted by Gasteiger charge is 2.29. The Morgan fingerprint density at radius 3 is 2.36 bits per heavy atom. The van der Waals surface area contributed by atoms with Gasteiger partial charge in [-0.05, 0) is 72.3 Å². The molecule has 0 amide bonds. The molecule has 2 aromatic heterocycles. The number of piperazine rings is 1. The number of methoxy groups -OCH3 is 1. The zero-order valence-electron chi connectivity index (χ0n) is 29.2. The van der Waals surface area contributed by atoms with Crippen LogP contribution in [-0.4, -0.2) is 116 Å². The quantitative estimate of drug-likeness (QED) is 0.195. The lowest BCUT2D eigenvalue weighted by Gasteiger charge is -2.43. The fourth-order valence-corrected chi connectivity index (χ4v) is 9.55. The Kier molecular flexibility index (Phi) is 11.0. The number of nitrogens with zero attached hydrogens (tertiary/aromatic N) is 7. The Labute approximate surface area is 302 Å². The van der Waals surface area contributed by atoms with Gasteiger partial charge in [-0.3, -0.25) is 19.8 Å². The highest BCUT2D eigenvalue weighted by molar-refractivity contribution is 9.10. The molecule has 4 heterocycles. The smallest absolute Gasteiger partial charge is 0.229 e. The summed E-state index contributed by atoms with van der Waals surface area (Å²) in [4.78, 5) is 25.2. The van der Waals surface area contributed by atoms with Crippen molar-refractivity contribution in [1.29, 1.82) is 0 Å². The van der Waals surface area contributed by atoms with Gasteiger partial charge < -0.3 is 24.8 Å². The third kappa shape index (κ3) is 8.39. The fraction of sp³-hybridized carbons (Fsp3) is 0.471. The van der Waals surface area contributed by atoms with Crippen molar-refractivity contribution >= 4 is 78.1 Å². The van der Waals surface area contributed by atoms with E-state index >= 15 is 0 Å². The minimum atomic E-state index is -3.00. The lowest BCUT2D eigenvalue weighted by molar-refractivity contribution is 0.0942. The van der Waals surface area contributed by atoms with Gasteiger partial charge in [0.1, 0.15) is 30.1 Å². The Morgan fingerprint density at radius 2 is 1.70 bits per heavy atom. The minimum Gasteiger partial charge on any atom is -0.494 e. The molecule has 0 atom stereocenters. The molecule has 2 aromatic carbocycles. The third-order valence-electron chi connectivity index (χ3n) is 9.32. The molecule has 4 aromatic rings. The van der Waals surface area contributed by atoms with Crippen LogP contribution in [0.25, 0.3) is 11.0 Å². The molecule has 0 bridgehead atoms. The van der Waals surface area contributed by atoms with Gasteiger partial charge in [-0.25, -0.2) is 13.4 Å². The number of benzene rings is 2. The normalized spacial score (nSPS) is 16.9. The van der Waals surface area contributed by atoms with Crippen LogP contribution in [0.4, 0.5) is 28.8 Å². The highest BCUT2D eigenvalue weighted by Crippen LogP contribution is 2.42. The molecule has 0 unspecified atom stereocenters. The van der Waals surface area contributed by atoms with Crippen molar-refractivity contribution in [3.63, 3.8) is 0 Å². The zero-order chi connectivity index (χ0) is 35.6. The van der Waals surface area contributed by atoms with E-state index in [0.717, 1.165) is 64.2 Å². The van der Waals surface area contributed by atoms with E-state index in [2.05, 4.69) is 70.4 Å². The molecule has 50 heavy (non-hydrogen) atoms. The number of aromatic nitrogens is 4. The van der Waals surface area contributed by atoms with E-state index in [-0.39, 0.29) is 5.88 Å². The maximum absolute atomic E-state index is 13.4. The summed E-state index contributed by atoms with van der Waals surface area (Å²) in [5.41, 5.74) is 5.04. The van der Waals surface area contributed by atoms with Gasteiger partial charge in [-0.2, -0.15) is 4.98 Å². The van der Waals surface area contributed by atoms with Crippen LogP contribution in [0.15, 0.2) is 47.3 Å². The highest BCUT2D eigenvalue weighted by atomic mass is 79.9. The number of piperidine rings is 1. The zero-order valence-corrected chi connectivity index (χ0v) is 32.5. The van der Waals surface area contributed by atoms with E-state index in [1.165, 1.54) is 17.5 Å². The maximum Gasteiger partial charge on any atom is 0.229 e. The number of aryl methyl sites for hydroxylation is 1. The molecule has 0 radical (unpaired) electrons. The Balaban J connectivity index is 1.17. The second-order valence-electron chi connectivity index (χ2n) is 13.3. The number of hydrogen-bond donors (Lipinski definition) is 2. The summed E-state index contributed by atoms with van der Waals surface area (Å²) in [6, 6.07) is 8.42. The van der Waals surface area contributed by atoms with Crippen LogP contribution in [-0.2, 0) is 20.8 Å². The number of halogens is 1. The van der Waals surface area contributed by atoms with Gasteiger partial charge in [-0.15, -0.1) is 0 Å². The summed E-state index contributed by atoms with van der Waals surface area (Å²) in [5.74, 6) is 1.71. The van der Waals surface area contributed by atoms with Crippen molar-refractivity contribution in [2.45, 2.75) is 32.2 Å².